The molecule has 0 saturated carbocycles. The SMILES string of the molecule is COc1cccc(O)c1C1C2=CCC3C(=O)N(CCCC(=O)O)C(=O)C3C2CC2=C1C(=O)C=C(Br)C2=O. The van der Waals surface area contributed by atoms with E-state index in [-0.39, 0.29) is 71.1 Å². The van der Waals surface area contributed by atoms with E-state index in [9.17, 15) is 29.1 Å². The predicted octanol–water partition coefficient (Wildman–Crippen LogP) is 3.03. The third-order valence-corrected chi connectivity index (χ3v) is 8.34. The minimum absolute atomic E-state index is 0.00932. The van der Waals surface area contributed by atoms with Crippen LogP contribution >= 0.6 is 15.9 Å². The molecule has 1 fully saturated rings. The standard InChI is InChI=1S/C27H24BrNO8/c1-37-19-5-2-4-17(30)24(19)23-12-7-8-13-21(27(36)29(26(13)35)9-3-6-20(32)33)14(12)10-15-22(23)18(31)11-16(28)25(15)34/h2,4-5,7,11,13-14,21,23,30H,3,6,8-10H2,1H3,(H,32,33). The normalized spacial score (nSPS) is 26.9. The number of halogens is 1. The first-order valence-corrected chi connectivity index (χ1v) is 12.8. The average Bonchev–Trinajstić information content (AvgIpc) is 3.11. The van der Waals surface area contributed by atoms with Gasteiger partial charge in [-0.15, -0.1) is 0 Å². The second-order valence-corrected chi connectivity index (χ2v) is 10.5. The van der Waals surface area contributed by atoms with Crippen LogP contribution < -0.4 is 4.74 Å². The van der Waals surface area contributed by atoms with Crippen LogP contribution in [0.25, 0.3) is 0 Å². The Hall–Kier alpha value is -3.53. The summed E-state index contributed by atoms with van der Waals surface area (Å²) in [5.74, 6) is -5.04. The van der Waals surface area contributed by atoms with Gasteiger partial charge in [0, 0.05) is 41.7 Å². The van der Waals surface area contributed by atoms with Crippen LogP contribution in [-0.4, -0.2) is 58.1 Å². The van der Waals surface area contributed by atoms with Gasteiger partial charge >= 0.3 is 5.97 Å². The third-order valence-electron chi connectivity index (χ3n) is 7.75. The fourth-order valence-electron chi connectivity index (χ4n) is 6.21. The lowest BCUT2D eigenvalue weighted by Crippen LogP contribution is -2.39. The number of fused-ring (bicyclic) bond motifs is 3. The van der Waals surface area contributed by atoms with Crippen LogP contribution in [0.15, 0.2) is 51.6 Å². The number of carbonyl (C=O) groups is 5. The van der Waals surface area contributed by atoms with E-state index in [0.29, 0.717) is 16.9 Å². The fraction of sp³-hybridized carbons (Fsp3) is 0.370. The van der Waals surface area contributed by atoms with Crippen molar-refractivity contribution < 1.29 is 38.9 Å². The third kappa shape index (κ3) is 3.94. The lowest BCUT2D eigenvalue weighted by Gasteiger charge is -2.42. The van der Waals surface area contributed by atoms with Crippen molar-refractivity contribution in [2.75, 3.05) is 13.7 Å². The van der Waals surface area contributed by atoms with E-state index in [0.717, 1.165) is 4.90 Å². The smallest absolute Gasteiger partial charge is 0.303 e. The monoisotopic (exact) mass is 569 g/mol. The highest BCUT2D eigenvalue weighted by Crippen LogP contribution is 2.57. The van der Waals surface area contributed by atoms with E-state index in [2.05, 4.69) is 15.9 Å². The molecular weight excluding hydrogens is 546 g/mol. The summed E-state index contributed by atoms with van der Waals surface area (Å²) in [6.07, 6.45) is 3.42. The summed E-state index contributed by atoms with van der Waals surface area (Å²) in [6.45, 7) is 0.00932. The zero-order valence-corrected chi connectivity index (χ0v) is 21.5. The van der Waals surface area contributed by atoms with Crippen LogP contribution in [0.4, 0.5) is 0 Å². The molecule has 1 aliphatic heterocycles. The molecule has 1 aromatic carbocycles. The number of amides is 2. The first-order valence-electron chi connectivity index (χ1n) is 12.0. The number of allylic oxidation sites excluding steroid dienone is 6. The number of aromatic hydroxyl groups is 1. The quantitative estimate of drug-likeness (QED) is 0.303. The zero-order valence-electron chi connectivity index (χ0n) is 19.9. The van der Waals surface area contributed by atoms with Gasteiger partial charge in [0.2, 0.25) is 11.8 Å². The molecule has 0 spiro atoms. The van der Waals surface area contributed by atoms with E-state index >= 15 is 0 Å². The Morgan fingerprint density at radius 1 is 1.16 bits per heavy atom. The van der Waals surface area contributed by atoms with Crippen LogP contribution in [0.5, 0.6) is 11.5 Å². The number of ketones is 2. The van der Waals surface area contributed by atoms with Gasteiger partial charge in [0.05, 0.1) is 23.4 Å². The fourth-order valence-corrected chi connectivity index (χ4v) is 6.66. The Morgan fingerprint density at radius 3 is 2.62 bits per heavy atom. The molecular formula is C27H24BrNO8. The number of imide groups is 1. The van der Waals surface area contributed by atoms with Crippen LogP contribution in [0, 0.1) is 17.8 Å². The molecule has 1 saturated heterocycles. The maximum absolute atomic E-state index is 13.6. The van der Waals surface area contributed by atoms with E-state index in [4.69, 9.17) is 9.84 Å². The Labute approximate surface area is 220 Å². The first kappa shape index (κ1) is 25.1. The second-order valence-electron chi connectivity index (χ2n) is 9.61. The summed E-state index contributed by atoms with van der Waals surface area (Å²) in [5, 5.41) is 19.9. The molecule has 1 heterocycles. The molecule has 4 aliphatic rings. The van der Waals surface area contributed by atoms with Gasteiger partial charge in [-0.25, -0.2) is 0 Å². The highest BCUT2D eigenvalue weighted by atomic mass is 79.9. The van der Waals surface area contributed by atoms with Crippen molar-refractivity contribution in [3.63, 3.8) is 0 Å². The van der Waals surface area contributed by atoms with Crippen molar-refractivity contribution in [1.82, 2.24) is 4.90 Å². The molecule has 2 N–H and O–H groups in total. The number of carboxylic acids is 1. The van der Waals surface area contributed by atoms with E-state index < -0.39 is 35.5 Å². The van der Waals surface area contributed by atoms with Crippen molar-refractivity contribution in [2.24, 2.45) is 17.8 Å². The summed E-state index contributed by atoms with van der Waals surface area (Å²) in [6, 6.07) is 4.74. The number of aliphatic carboxylic acids is 1. The number of nitrogens with zero attached hydrogens (tertiary/aromatic N) is 1. The number of likely N-dealkylation sites (tertiary alicyclic amines) is 1. The molecule has 0 radical (unpaired) electrons. The first-order chi connectivity index (χ1) is 17.6. The molecule has 2 amide bonds. The number of hydrogen-bond acceptors (Lipinski definition) is 7. The van der Waals surface area contributed by atoms with Gasteiger partial charge in [-0.1, -0.05) is 17.7 Å². The summed E-state index contributed by atoms with van der Waals surface area (Å²) < 4.78 is 5.63. The lowest BCUT2D eigenvalue weighted by molar-refractivity contribution is -0.142. The number of Topliss-reactive ketones (excluding diaryl/α,β-unsaturated/α-hetero) is 1. The number of carboxylic acid groups (broad SMARTS) is 1. The van der Waals surface area contributed by atoms with Crippen LogP contribution in [-0.2, 0) is 24.0 Å². The molecule has 0 aromatic heterocycles. The van der Waals surface area contributed by atoms with E-state index in [1.54, 1.807) is 12.1 Å². The number of methoxy groups -OCH3 is 1. The molecule has 0 bridgehead atoms. The Morgan fingerprint density at radius 2 is 1.92 bits per heavy atom. The number of benzene rings is 1. The minimum Gasteiger partial charge on any atom is -0.507 e. The Kier molecular flexibility index (Phi) is 6.39. The number of hydrogen-bond donors (Lipinski definition) is 2. The molecule has 4 unspecified atom stereocenters. The maximum Gasteiger partial charge on any atom is 0.303 e. The Balaban J connectivity index is 1.62. The van der Waals surface area contributed by atoms with E-state index in [1.807, 2.05) is 6.08 Å². The van der Waals surface area contributed by atoms with E-state index in [1.165, 1.54) is 19.3 Å². The molecule has 9 nitrogen and oxygen atoms in total. The lowest BCUT2D eigenvalue weighted by atomic mass is 9.59. The predicted molar refractivity (Wildman–Crippen MR) is 133 cm³/mol. The number of carbonyl (C=O) groups excluding carboxylic acids is 4. The number of rotatable bonds is 6. The summed E-state index contributed by atoms with van der Waals surface area (Å²) in [7, 11) is 1.44. The molecule has 192 valence electrons. The second kappa shape index (κ2) is 9.41. The van der Waals surface area contributed by atoms with Crippen molar-refractivity contribution in [3.8, 4) is 11.5 Å². The summed E-state index contributed by atoms with van der Waals surface area (Å²) in [5.41, 5.74) is 1.52. The molecule has 1 aromatic rings. The van der Waals surface area contributed by atoms with Crippen molar-refractivity contribution in [2.45, 2.75) is 31.6 Å². The van der Waals surface area contributed by atoms with Gasteiger partial charge in [-0.2, -0.15) is 0 Å². The van der Waals surface area contributed by atoms with Crippen molar-refractivity contribution in [3.05, 3.63) is 57.1 Å². The highest BCUT2D eigenvalue weighted by molar-refractivity contribution is 9.12. The number of phenolic OH excluding ortho intramolecular Hbond substituents is 1. The highest BCUT2D eigenvalue weighted by Gasteiger charge is 2.56. The van der Waals surface area contributed by atoms with Gasteiger partial charge in [0.25, 0.3) is 0 Å². The molecule has 10 heteroatoms. The molecule has 37 heavy (non-hydrogen) atoms. The largest absolute Gasteiger partial charge is 0.507 e. The minimum atomic E-state index is -1.01. The van der Waals surface area contributed by atoms with Gasteiger partial charge in [0.1, 0.15) is 11.5 Å². The average molecular weight is 570 g/mol. The van der Waals surface area contributed by atoms with Gasteiger partial charge in [-0.3, -0.25) is 28.9 Å². The Bertz CT molecular complexity index is 1360. The number of phenols is 1. The van der Waals surface area contributed by atoms with Crippen LogP contribution in [0.1, 0.15) is 37.2 Å². The maximum atomic E-state index is 13.6. The van der Waals surface area contributed by atoms with Gasteiger partial charge < -0.3 is 14.9 Å². The molecule has 3 aliphatic carbocycles. The molecule has 5 rings (SSSR count). The zero-order chi connectivity index (χ0) is 26.6. The van der Waals surface area contributed by atoms with Gasteiger partial charge in [-0.05, 0) is 53.2 Å². The van der Waals surface area contributed by atoms with Crippen LogP contribution in [0.2, 0.25) is 0 Å². The number of ether oxygens (including phenoxy) is 1. The van der Waals surface area contributed by atoms with Crippen molar-refractivity contribution in [1.29, 1.82) is 0 Å². The van der Waals surface area contributed by atoms with Crippen LogP contribution in [0.3, 0.4) is 0 Å². The summed E-state index contributed by atoms with van der Waals surface area (Å²) in [4.78, 5) is 65.3. The van der Waals surface area contributed by atoms with Crippen molar-refractivity contribution >= 4 is 45.3 Å². The van der Waals surface area contributed by atoms with Gasteiger partial charge in [0.15, 0.2) is 11.6 Å². The summed E-state index contributed by atoms with van der Waals surface area (Å²) >= 11 is 3.18. The molecule has 4 atom stereocenters. The topological polar surface area (TPSA) is 138 Å².